The van der Waals surface area contributed by atoms with Crippen LogP contribution in [0.25, 0.3) is 0 Å². The smallest absolute Gasteiger partial charge is 0.362 e. The second-order valence-corrected chi connectivity index (χ2v) is 5.64. The Bertz CT molecular complexity index is 758. The number of benzene rings is 1. The molecule has 9 heteroatoms. The fourth-order valence-electron chi connectivity index (χ4n) is 1.69. The Morgan fingerprint density at radius 2 is 2.04 bits per heavy atom. The normalized spacial score (nSPS) is 11.0. The molecule has 0 atom stereocenters. The highest BCUT2D eigenvalue weighted by Gasteiger charge is 2.20. The van der Waals surface area contributed by atoms with Gasteiger partial charge in [0.15, 0.2) is 5.13 Å². The summed E-state index contributed by atoms with van der Waals surface area (Å²) in [6.07, 6.45) is 0. The number of hydrogen-bond donors (Lipinski definition) is 1. The summed E-state index contributed by atoms with van der Waals surface area (Å²) in [4.78, 5) is 32.8. The third kappa shape index (κ3) is 4.53. The first-order valence-corrected chi connectivity index (χ1v) is 8.12. The van der Waals surface area contributed by atoms with Gasteiger partial charge in [0.05, 0.1) is 6.61 Å². The van der Waals surface area contributed by atoms with E-state index in [1.165, 1.54) is 7.11 Å². The number of halogens is 1. The van der Waals surface area contributed by atoms with Crippen molar-refractivity contribution < 1.29 is 19.2 Å². The maximum atomic E-state index is 12.1. The summed E-state index contributed by atoms with van der Waals surface area (Å²) in [5, 5.41) is 8.71. The van der Waals surface area contributed by atoms with Crippen LogP contribution in [0.5, 0.6) is 0 Å². The van der Waals surface area contributed by atoms with Gasteiger partial charge in [-0.1, -0.05) is 16.8 Å². The van der Waals surface area contributed by atoms with Crippen molar-refractivity contribution in [2.75, 3.05) is 19.0 Å². The molecule has 0 bridgehead atoms. The van der Waals surface area contributed by atoms with E-state index in [0.717, 1.165) is 11.3 Å². The molecule has 0 fully saturated rings. The van der Waals surface area contributed by atoms with E-state index in [4.69, 9.17) is 16.3 Å². The molecule has 1 amide bonds. The molecule has 0 saturated heterocycles. The lowest BCUT2D eigenvalue weighted by atomic mass is 10.2. The van der Waals surface area contributed by atoms with Crippen LogP contribution in [0.4, 0.5) is 5.13 Å². The van der Waals surface area contributed by atoms with E-state index in [-0.39, 0.29) is 23.9 Å². The zero-order chi connectivity index (χ0) is 17.5. The molecule has 24 heavy (non-hydrogen) atoms. The molecule has 0 aliphatic heterocycles. The van der Waals surface area contributed by atoms with Crippen molar-refractivity contribution in [3.63, 3.8) is 0 Å². The molecular formula is C15H14ClN3O4S. The van der Waals surface area contributed by atoms with E-state index in [0.29, 0.717) is 15.7 Å². The number of esters is 1. The number of carbonyl (C=O) groups excluding carboxylic acids is 2. The van der Waals surface area contributed by atoms with Crippen LogP contribution < -0.4 is 5.32 Å². The minimum Gasteiger partial charge on any atom is -0.461 e. The molecule has 1 N–H and O–H groups in total. The zero-order valence-corrected chi connectivity index (χ0v) is 14.5. The highest BCUT2D eigenvalue weighted by atomic mass is 35.5. The summed E-state index contributed by atoms with van der Waals surface area (Å²) in [5.41, 5.74) is 0.627. The number of nitrogens with zero attached hydrogens (tertiary/aromatic N) is 2. The van der Waals surface area contributed by atoms with Crippen LogP contribution in [-0.2, 0) is 14.4 Å². The summed E-state index contributed by atoms with van der Waals surface area (Å²) in [6.45, 7) is 1.88. The number of carbonyl (C=O) groups is 2. The fraction of sp³-hybridized carbons (Fsp3) is 0.200. The minimum atomic E-state index is -0.653. The average molecular weight is 368 g/mol. The van der Waals surface area contributed by atoms with Crippen LogP contribution in [0.3, 0.4) is 0 Å². The van der Waals surface area contributed by atoms with Gasteiger partial charge in [-0.05, 0) is 31.2 Å². The second-order valence-electron chi connectivity index (χ2n) is 4.34. The van der Waals surface area contributed by atoms with Gasteiger partial charge in [0.1, 0.15) is 12.8 Å². The van der Waals surface area contributed by atoms with Crippen molar-refractivity contribution in [3.05, 3.63) is 45.9 Å². The largest absolute Gasteiger partial charge is 0.461 e. The number of amides is 1. The first-order chi connectivity index (χ1) is 11.5. The van der Waals surface area contributed by atoms with Crippen LogP contribution in [0.2, 0.25) is 5.02 Å². The average Bonchev–Trinajstić information content (AvgIpc) is 3.01. The standard InChI is InChI=1S/C15H14ClN3O4S/c1-3-23-14(21)12(19-22-2)11-8-24-15(17-11)18-13(20)9-4-6-10(16)7-5-9/h4-8H,3H2,1-2H3,(H,17,18,20)/b19-12+. The maximum absolute atomic E-state index is 12.1. The number of thiazole rings is 1. The van der Waals surface area contributed by atoms with Gasteiger partial charge in [-0.3, -0.25) is 10.1 Å². The molecule has 126 valence electrons. The van der Waals surface area contributed by atoms with Crippen LogP contribution >= 0.6 is 22.9 Å². The Balaban J connectivity index is 2.14. The SMILES string of the molecule is CCOC(=O)/C(=N/OC)c1csc(NC(=O)c2ccc(Cl)cc2)n1. The lowest BCUT2D eigenvalue weighted by Crippen LogP contribution is -2.20. The van der Waals surface area contributed by atoms with Crippen molar-refractivity contribution in [2.45, 2.75) is 6.92 Å². The number of aromatic nitrogens is 1. The summed E-state index contributed by atoms with van der Waals surface area (Å²) in [6, 6.07) is 6.44. The van der Waals surface area contributed by atoms with E-state index in [1.54, 1.807) is 36.6 Å². The van der Waals surface area contributed by atoms with Gasteiger partial charge >= 0.3 is 5.97 Å². The number of hydrogen-bond acceptors (Lipinski definition) is 7. The van der Waals surface area contributed by atoms with Crippen LogP contribution in [0.15, 0.2) is 34.8 Å². The molecule has 1 aromatic heterocycles. The highest BCUT2D eigenvalue weighted by Crippen LogP contribution is 2.18. The summed E-state index contributed by atoms with van der Waals surface area (Å²) < 4.78 is 4.90. The lowest BCUT2D eigenvalue weighted by Gasteiger charge is -2.03. The summed E-state index contributed by atoms with van der Waals surface area (Å²) >= 11 is 6.94. The van der Waals surface area contributed by atoms with Gasteiger partial charge in [0, 0.05) is 16.0 Å². The molecule has 0 saturated carbocycles. The lowest BCUT2D eigenvalue weighted by molar-refractivity contribution is -0.135. The van der Waals surface area contributed by atoms with Crippen molar-refractivity contribution in [2.24, 2.45) is 5.16 Å². The first-order valence-electron chi connectivity index (χ1n) is 6.86. The quantitative estimate of drug-likeness (QED) is 0.481. The predicted molar refractivity (Wildman–Crippen MR) is 91.7 cm³/mol. The molecule has 1 heterocycles. The molecule has 0 spiro atoms. The number of ether oxygens (including phenoxy) is 1. The fourth-order valence-corrected chi connectivity index (χ4v) is 2.51. The van der Waals surface area contributed by atoms with Crippen molar-refractivity contribution in [1.29, 1.82) is 0 Å². The predicted octanol–water partition coefficient (Wildman–Crippen LogP) is 2.96. The topological polar surface area (TPSA) is 89.9 Å². The summed E-state index contributed by atoms with van der Waals surface area (Å²) in [7, 11) is 1.31. The van der Waals surface area contributed by atoms with Gasteiger partial charge in [-0.25, -0.2) is 9.78 Å². The molecule has 2 rings (SSSR count). The van der Waals surface area contributed by atoms with E-state index in [1.807, 2.05) is 0 Å². The highest BCUT2D eigenvalue weighted by molar-refractivity contribution is 7.14. The summed E-state index contributed by atoms with van der Waals surface area (Å²) in [5.74, 6) is -0.992. The van der Waals surface area contributed by atoms with Crippen LogP contribution in [0.1, 0.15) is 23.0 Å². The molecule has 2 aromatic rings. The van der Waals surface area contributed by atoms with Crippen molar-refractivity contribution in [1.82, 2.24) is 4.98 Å². The van der Waals surface area contributed by atoms with Gasteiger partial charge in [-0.2, -0.15) is 0 Å². The van der Waals surface area contributed by atoms with E-state index in [9.17, 15) is 9.59 Å². The molecule has 1 aromatic carbocycles. The molecular weight excluding hydrogens is 354 g/mol. The molecule has 0 unspecified atom stereocenters. The van der Waals surface area contributed by atoms with Gasteiger partial charge in [-0.15, -0.1) is 11.3 Å². The molecule has 0 radical (unpaired) electrons. The van der Waals surface area contributed by atoms with Crippen molar-refractivity contribution in [3.8, 4) is 0 Å². The van der Waals surface area contributed by atoms with Gasteiger partial charge < -0.3 is 9.57 Å². The third-order valence-corrected chi connectivity index (χ3v) is 3.73. The Kier molecular flexibility index (Phi) is 6.28. The van der Waals surface area contributed by atoms with Gasteiger partial charge in [0.2, 0.25) is 5.71 Å². The van der Waals surface area contributed by atoms with E-state index >= 15 is 0 Å². The maximum Gasteiger partial charge on any atom is 0.362 e. The molecule has 0 aliphatic carbocycles. The first kappa shape index (κ1) is 17.9. The Morgan fingerprint density at radius 1 is 1.33 bits per heavy atom. The second kappa shape index (κ2) is 8.42. The zero-order valence-electron chi connectivity index (χ0n) is 12.9. The third-order valence-electron chi connectivity index (χ3n) is 2.73. The number of rotatable bonds is 6. The minimum absolute atomic E-state index is 0.0670. The Morgan fingerprint density at radius 3 is 2.67 bits per heavy atom. The Labute approximate surface area is 147 Å². The Hall–Kier alpha value is -2.45. The monoisotopic (exact) mass is 367 g/mol. The molecule has 0 aliphatic rings. The van der Waals surface area contributed by atoms with Crippen LogP contribution in [-0.4, -0.2) is 36.3 Å². The van der Waals surface area contributed by atoms with Crippen LogP contribution in [0, 0.1) is 0 Å². The number of nitrogens with one attached hydrogen (secondary N) is 1. The number of oxime groups is 1. The van der Waals surface area contributed by atoms with Crippen molar-refractivity contribution >= 4 is 45.7 Å². The van der Waals surface area contributed by atoms with Gasteiger partial charge in [0.25, 0.3) is 5.91 Å². The number of anilines is 1. The molecule has 7 nitrogen and oxygen atoms in total. The van der Waals surface area contributed by atoms with E-state index in [2.05, 4.69) is 20.3 Å². The van der Waals surface area contributed by atoms with E-state index < -0.39 is 5.97 Å².